The minimum absolute atomic E-state index is 0.0518. The van der Waals surface area contributed by atoms with Gasteiger partial charge in [0.15, 0.2) is 0 Å². The quantitative estimate of drug-likeness (QED) is 0.430. The van der Waals surface area contributed by atoms with Crippen molar-refractivity contribution >= 4 is 16.9 Å². The van der Waals surface area contributed by atoms with Crippen LogP contribution in [0.4, 0.5) is 0 Å². The van der Waals surface area contributed by atoms with Crippen LogP contribution in [-0.2, 0) is 13.0 Å². The fourth-order valence-electron chi connectivity index (χ4n) is 3.89. The maximum Gasteiger partial charge on any atom is 0.251 e. The largest absolute Gasteiger partial charge is 0.491 e. The van der Waals surface area contributed by atoms with Gasteiger partial charge in [0, 0.05) is 18.5 Å². The Morgan fingerprint density at radius 3 is 2.59 bits per heavy atom. The third kappa shape index (κ3) is 4.83. The van der Waals surface area contributed by atoms with Gasteiger partial charge in [-0.2, -0.15) is 0 Å². The normalized spacial score (nSPS) is 11.0. The number of carbonyl (C=O) groups is 1. The molecule has 0 fully saturated rings. The predicted molar refractivity (Wildman–Crippen MR) is 128 cm³/mol. The summed E-state index contributed by atoms with van der Waals surface area (Å²) in [4.78, 5) is 17.4. The Morgan fingerprint density at radius 2 is 1.75 bits per heavy atom. The van der Waals surface area contributed by atoms with Crippen molar-refractivity contribution in [2.75, 3.05) is 13.2 Å². The summed E-state index contributed by atoms with van der Waals surface area (Å²) in [7, 11) is 0. The van der Waals surface area contributed by atoms with Gasteiger partial charge < -0.3 is 14.6 Å². The van der Waals surface area contributed by atoms with Gasteiger partial charge in [-0.25, -0.2) is 4.98 Å². The van der Waals surface area contributed by atoms with E-state index in [0.29, 0.717) is 31.7 Å². The standard InChI is InChI=1S/C27H29N3O2/c1-19-12-13-21(3)25(18-19)32-17-16-30-24-11-7-6-10-23(24)29-26(30)14-15-28-27(31)22-9-5-4-8-20(22)2/h4-13,18H,14-17H2,1-3H3,(H,28,31). The summed E-state index contributed by atoms with van der Waals surface area (Å²) in [6, 6.07) is 22.0. The molecule has 1 N–H and O–H groups in total. The van der Waals surface area contributed by atoms with E-state index in [2.05, 4.69) is 48.0 Å². The fraction of sp³-hybridized carbons (Fsp3) is 0.259. The zero-order chi connectivity index (χ0) is 22.5. The summed E-state index contributed by atoms with van der Waals surface area (Å²) in [6.07, 6.45) is 0.649. The highest BCUT2D eigenvalue weighted by molar-refractivity contribution is 5.95. The molecule has 5 nitrogen and oxygen atoms in total. The van der Waals surface area contributed by atoms with Crippen molar-refractivity contribution in [1.29, 1.82) is 0 Å². The highest BCUT2D eigenvalue weighted by Crippen LogP contribution is 2.20. The van der Waals surface area contributed by atoms with Gasteiger partial charge in [0.2, 0.25) is 0 Å². The number of amides is 1. The van der Waals surface area contributed by atoms with Gasteiger partial charge >= 0.3 is 0 Å². The summed E-state index contributed by atoms with van der Waals surface area (Å²) in [5.41, 5.74) is 6.04. The van der Waals surface area contributed by atoms with Crippen LogP contribution in [0, 0.1) is 20.8 Å². The van der Waals surface area contributed by atoms with Crippen LogP contribution in [0.25, 0.3) is 11.0 Å². The van der Waals surface area contributed by atoms with E-state index in [9.17, 15) is 4.79 Å². The molecular weight excluding hydrogens is 398 g/mol. The molecular formula is C27H29N3O2. The number of hydrogen-bond donors (Lipinski definition) is 1. The number of para-hydroxylation sites is 2. The number of aromatic nitrogens is 2. The third-order valence-electron chi connectivity index (χ3n) is 5.67. The van der Waals surface area contributed by atoms with Gasteiger partial charge in [0.25, 0.3) is 5.91 Å². The van der Waals surface area contributed by atoms with Crippen LogP contribution in [-0.4, -0.2) is 28.6 Å². The number of ether oxygens (including phenoxy) is 1. The number of imidazole rings is 1. The number of rotatable bonds is 8. The summed E-state index contributed by atoms with van der Waals surface area (Å²) in [5, 5.41) is 3.03. The van der Waals surface area contributed by atoms with E-state index in [0.717, 1.165) is 33.7 Å². The zero-order valence-electron chi connectivity index (χ0n) is 18.9. The van der Waals surface area contributed by atoms with Crippen LogP contribution in [0.5, 0.6) is 5.75 Å². The number of nitrogens with zero attached hydrogens (tertiary/aromatic N) is 2. The van der Waals surface area contributed by atoms with Crippen molar-refractivity contribution in [2.24, 2.45) is 0 Å². The monoisotopic (exact) mass is 427 g/mol. The first-order chi connectivity index (χ1) is 15.5. The lowest BCUT2D eigenvalue weighted by molar-refractivity contribution is 0.0953. The molecule has 1 aromatic heterocycles. The van der Waals surface area contributed by atoms with Crippen LogP contribution < -0.4 is 10.1 Å². The molecule has 0 spiro atoms. The van der Waals surface area contributed by atoms with E-state index in [4.69, 9.17) is 9.72 Å². The predicted octanol–water partition coefficient (Wildman–Crippen LogP) is 5.01. The van der Waals surface area contributed by atoms with Crippen molar-refractivity contribution in [3.8, 4) is 5.75 Å². The van der Waals surface area contributed by atoms with Crippen molar-refractivity contribution in [3.63, 3.8) is 0 Å². The average molecular weight is 428 g/mol. The zero-order valence-corrected chi connectivity index (χ0v) is 18.9. The molecule has 3 aromatic carbocycles. The minimum Gasteiger partial charge on any atom is -0.491 e. The summed E-state index contributed by atoms with van der Waals surface area (Å²) >= 11 is 0. The smallest absolute Gasteiger partial charge is 0.251 e. The van der Waals surface area contributed by atoms with Gasteiger partial charge in [-0.1, -0.05) is 42.5 Å². The first-order valence-electron chi connectivity index (χ1n) is 11.0. The van der Waals surface area contributed by atoms with Crippen molar-refractivity contribution in [1.82, 2.24) is 14.9 Å². The Bertz CT molecular complexity index is 1240. The lowest BCUT2D eigenvalue weighted by Gasteiger charge is -2.13. The molecule has 1 heterocycles. The maximum absolute atomic E-state index is 12.5. The Kier molecular flexibility index (Phi) is 6.55. The van der Waals surface area contributed by atoms with Gasteiger partial charge in [0.1, 0.15) is 18.2 Å². The fourth-order valence-corrected chi connectivity index (χ4v) is 3.89. The third-order valence-corrected chi connectivity index (χ3v) is 5.67. The molecule has 1 amide bonds. The van der Waals surface area contributed by atoms with Crippen molar-refractivity contribution in [2.45, 2.75) is 33.7 Å². The van der Waals surface area contributed by atoms with Gasteiger partial charge in [-0.05, 0) is 61.7 Å². The molecule has 0 atom stereocenters. The van der Waals surface area contributed by atoms with Crippen LogP contribution in [0.1, 0.15) is 32.9 Å². The average Bonchev–Trinajstić information content (AvgIpc) is 3.14. The van der Waals surface area contributed by atoms with Crippen molar-refractivity contribution in [3.05, 3.63) is 94.8 Å². The lowest BCUT2D eigenvalue weighted by Crippen LogP contribution is -2.27. The Labute approximate surface area is 189 Å². The first kappa shape index (κ1) is 21.6. The molecule has 0 radical (unpaired) electrons. The van der Waals surface area contributed by atoms with E-state index in [-0.39, 0.29) is 5.91 Å². The Balaban J connectivity index is 1.45. The molecule has 0 saturated heterocycles. The number of nitrogens with one attached hydrogen (secondary N) is 1. The molecule has 0 unspecified atom stereocenters. The molecule has 0 saturated carbocycles. The Morgan fingerprint density at radius 1 is 0.969 bits per heavy atom. The van der Waals surface area contributed by atoms with E-state index >= 15 is 0 Å². The SMILES string of the molecule is Cc1ccc(C)c(OCCn2c(CCNC(=O)c3ccccc3C)nc3ccccc32)c1. The molecule has 0 aliphatic heterocycles. The Hall–Kier alpha value is -3.60. The molecule has 4 rings (SSSR count). The van der Waals surface area contributed by atoms with Crippen LogP contribution in [0.2, 0.25) is 0 Å². The topological polar surface area (TPSA) is 56.1 Å². The van der Waals surface area contributed by atoms with Crippen LogP contribution in [0.15, 0.2) is 66.7 Å². The number of fused-ring (bicyclic) bond motifs is 1. The van der Waals surface area contributed by atoms with E-state index < -0.39 is 0 Å². The number of hydrogen-bond acceptors (Lipinski definition) is 3. The lowest BCUT2D eigenvalue weighted by atomic mass is 10.1. The maximum atomic E-state index is 12.5. The second-order valence-corrected chi connectivity index (χ2v) is 8.11. The number of aryl methyl sites for hydroxylation is 3. The van der Waals surface area contributed by atoms with E-state index in [1.165, 1.54) is 5.56 Å². The molecule has 164 valence electrons. The van der Waals surface area contributed by atoms with Crippen LogP contribution >= 0.6 is 0 Å². The van der Waals surface area contributed by atoms with E-state index in [1.54, 1.807) is 0 Å². The summed E-state index contributed by atoms with van der Waals surface area (Å²) in [5.74, 6) is 1.81. The number of benzene rings is 3. The van der Waals surface area contributed by atoms with Gasteiger partial charge in [0.05, 0.1) is 17.6 Å². The van der Waals surface area contributed by atoms with E-state index in [1.807, 2.05) is 49.4 Å². The van der Waals surface area contributed by atoms with Gasteiger partial charge in [-0.15, -0.1) is 0 Å². The van der Waals surface area contributed by atoms with Crippen LogP contribution in [0.3, 0.4) is 0 Å². The molecule has 5 heteroatoms. The molecule has 32 heavy (non-hydrogen) atoms. The molecule has 0 aliphatic rings. The second-order valence-electron chi connectivity index (χ2n) is 8.11. The molecule has 0 bridgehead atoms. The number of carbonyl (C=O) groups excluding carboxylic acids is 1. The highest BCUT2D eigenvalue weighted by atomic mass is 16.5. The highest BCUT2D eigenvalue weighted by Gasteiger charge is 2.12. The molecule has 4 aromatic rings. The summed E-state index contributed by atoms with van der Waals surface area (Å²) in [6.45, 7) is 7.84. The summed E-state index contributed by atoms with van der Waals surface area (Å²) < 4.78 is 8.29. The van der Waals surface area contributed by atoms with Gasteiger partial charge in [-0.3, -0.25) is 4.79 Å². The minimum atomic E-state index is -0.0518. The first-order valence-corrected chi connectivity index (χ1v) is 11.0. The second kappa shape index (κ2) is 9.69. The molecule has 0 aliphatic carbocycles. The van der Waals surface area contributed by atoms with Crippen molar-refractivity contribution < 1.29 is 9.53 Å².